The smallest absolute Gasteiger partial charge is 0.410 e. The molecule has 1 aliphatic heterocycles. The van der Waals surface area contributed by atoms with Crippen molar-refractivity contribution in [3.63, 3.8) is 0 Å². The lowest BCUT2D eigenvalue weighted by Crippen LogP contribution is -2.48. The lowest BCUT2D eigenvalue weighted by atomic mass is 10.1. The fourth-order valence-electron chi connectivity index (χ4n) is 5.97. The SMILES string of the molecule is CCCCCNc1nc(N)nc2ccn(Cc3ccc(CN4CCN(C(=O)OCc5ccc(O)c(NC(=O)CCNC)c5)CC4)cc3OC)c12. The molecule has 5 rings (SSSR count). The number of benzene rings is 2. The zero-order valence-corrected chi connectivity index (χ0v) is 29.2. The first-order chi connectivity index (χ1) is 24.3. The molecule has 1 saturated heterocycles. The number of amides is 2. The van der Waals surface area contributed by atoms with E-state index in [-0.39, 0.29) is 36.3 Å². The summed E-state index contributed by atoms with van der Waals surface area (Å²) in [6, 6.07) is 13.0. The van der Waals surface area contributed by atoms with Crippen molar-refractivity contribution in [1.82, 2.24) is 29.7 Å². The van der Waals surface area contributed by atoms with Crippen LogP contribution < -0.4 is 26.4 Å². The van der Waals surface area contributed by atoms with E-state index in [1.165, 1.54) is 6.07 Å². The van der Waals surface area contributed by atoms with Gasteiger partial charge in [0.1, 0.15) is 23.6 Å². The van der Waals surface area contributed by atoms with Crippen LogP contribution in [0.3, 0.4) is 0 Å². The maximum absolute atomic E-state index is 12.9. The number of hydrogen-bond donors (Lipinski definition) is 5. The number of nitrogen functional groups attached to an aromatic ring is 1. The predicted octanol–water partition coefficient (Wildman–Crippen LogP) is 4.38. The van der Waals surface area contributed by atoms with Crippen molar-refractivity contribution in [2.24, 2.45) is 0 Å². The van der Waals surface area contributed by atoms with Crippen LogP contribution in [0.25, 0.3) is 11.0 Å². The van der Waals surface area contributed by atoms with Gasteiger partial charge in [0, 0.05) is 64.0 Å². The average molecular weight is 688 g/mol. The van der Waals surface area contributed by atoms with Crippen molar-refractivity contribution < 1.29 is 24.2 Å². The molecule has 14 nitrogen and oxygen atoms in total. The number of methoxy groups -OCH3 is 1. The molecule has 4 aromatic rings. The van der Waals surface area contributed by atoms with Crippen LogP contribution in [0, 0.1) is 0 Å². The van der Waals surface area contributed by atoms with Crippen molar-refractivity contribution >= 4 is 40.5 Å². The van der Waals surface area contributed by atoms with Gasteiger partial charge in [-0.05, 0) is 48.9 Å². The molecule has 1 fully saturated rings. The summed E-state index contributed by atoms with van der Waals surface area (Å²) in [4.78, 5) is 37.9. The largest absolute Gasteiger partial charge is 0.506 e. The Balaban J connectivity index is 1.13. The van der Waals surface area contributed by atoms with Gasteiger partial charge in [-0.1, -0.05) is 38.0 Å². The monoisotopic (exact) mass is 687 g/mol. The summed E-state index contributed by atoms with van der Waals surface area (Å²) in [7, 11) is 3.45. The Labute approximate surface area is 293 Å². The maximum atomic E-state index is 12.9. The first-order valence-electron chi connectivity index (χ1n) is 17.2. The number of piperazine rings is 1. The van der Waals surface area contributed by atoms with Crippen LogP contribution >= 0.6 is 0 Å². The molecule has 3 heterocycles. The number of unbranched alkanes of at least 4 members (excludes halogenated alkanes) is 2. The Hall–Kier alpha value is -5.08. The second kappa shape index (κ2) is 17.5. The molecule has 0 spiro atoms. The molecule has 0 aliphatic carbocycles. The number of phenolic OH excluding ortho intramolecular Hbond substituents is 1. The quantitative estimate of drug-likeness (QED) is 0.0836. The number of fused-ring (bicyclic) bond motifs is 1. The number of carbonyl (C=O) groups excluding carboxylic acids is 2. The number of nitrogens with zero attached hydrogens (tertiary/aromatic N) is 5. The van der Waals surface area contributed by atoms with E-state index in [1.807, 2.05) is 12.3 Å². The highest BCUT2D eigenvalue weighted by Gasteiger charge is 2.23. The van der Waals surface area contributed by atoms with Gasteiger partial charge in [0.2, 0.25) is 11.9 Å². The average Bonchev–Trinajstić information content (AvgIpc) is 3.52. The number of ether oxygens (including phenoxy) is 2. The third-order valence-electron chi connectivity index (χ3n) is 8.73. The van der Waals surface area contributed by atoms with Crippen molar-refractivity contribution in [3.8, 4) is 11.5 Å². The molecule has 2 amide bonds. The number of hydrogen-bond acceptors (Lipinski definition) is 11. The number of nitrogens with one attached hydrogen (secondary N) is 3. The van der Waals surface area contributed by atoms with Crippen LogP contribution in [-0.4, -0.2) is 94.9 Å². The van der Waals surface area contributed by atoms with Crippen LogP contribution in [-0.2, 0) is 29.2 Å². The predicted molar refractivity (Wildman–Crippen MR) is 194 cm³/mol. The Bertz CT molecular complexity index is 1750. The van der Waals surface area contributed by atoms with Gasteiger partial charge in [-0.3, -0.25) is 9.69 Å². The van der Waals surface area contributed by atoms with Gasteiger partial charge in [-0.25, -0.2) is 9.78 Å². The number of nitrogens with two attached hydrogens (primary N) is 1. The third-order valence-corrected chi connectivity index (χ3v) is 8.73. The summed E-state index contributed by atoms with van der Waals surface area (Å²) in [5, 5.41) is 19.2. The topological polar surface area (TPSA) is 172 Å². The normalized spacial score (nSPS) is 13.4. The van der Waals surface area contributed by atoms with Gasteiger partial charge in [-0.15, -0.1) is 0 Å². The van der Waals surface area contributed by atoms with Crippen LogP contribution in [0.2, 0.25) is 0 Å². The molecule has 14 heteroatoms. The number of rotatable bonds is 16. The molecular formula is C36H49N9O5. The Morgan fingerprint density at radius 3 is 2.54 bits per heavy atom. The van der Waals surface area contributed by atoms with Crippen LogP contribution in [0.1, 0.15) is 49.3 Å². The summed E-state index contributed by atoms with van der Waals surface area (Å²) in [6.07, 6.45) is 5.23. The van der Waals surface area contributed by atoms with Gasteiger partial charge in [0.25, 0.3) is 0 Å². The molecule has 0 atom stereocenters. The second-order valence-electron chi connectivity index (χ2n) is 12.5. The summed E-state index contributed by atoms with van der Waals surface area (Å²) < 4.78 is 13.5. The second-order valence-corrected chi connectivity index (χ2v) is 12.5. The fourth-order valence-corrected chi connectivity index (χ4v) is 5.97. The zero-order valence-electron chi connectivity index (χ0n) is 29.2. The lowest BCUT2D eigenvalue weighted by molar-refractivity contribution is -0.116. The third kappa shape index (κ3) is 9.54. The van der Waals surface area contributed by atoms with Gasteiger partial charge in [0.15, 0.2) is 5.82 Å². The Morgan fingerprint density at radius 2 is 1.78 bits per heavy atom. The van der Waals surface area contributed by atoms with Gasteiger partial charge in [-0.2, -0.15) is 4.98 Å². The molecule has 6 N–H and O–H groups in total. The molecule has 2 aromatic heterocycles. The fraction of sp³-hybridized carbons (Fsp3) is 0.444. The summed E-state index contributed by atoms with van der Waals surface area (Å²) in [6.45, 7) is 7.35. The molecule has 0 unspecified atom stereocenters. The Morgan fingerprint density at radius 1 is 0.980 bits per heavy atom. The number of carbonyl (C=O) groups is 2. The van der Waals surface area contributed by atoms with E-state index < -0.39 is 6.09 Å². The highest BCUT2D eigenvalue weighted by atomic mass is 16.6. The molecule has 50 heavy (non-hydrogen) atoms. The minimum atomic E-state index is -0.395. The highest BCUT2D eigenvalue weighted by molar-refractivity contribution is 5.92. The lowest BCUT2D eigenvalue weighted by Gasteiger charge is -2.34. The number of aromatic hydroxyl groups is 1. The van der Waals surface area contributed by atoms with E-state index in [9.17, 15) is 14.7 Å². The first-order valence-corrected chi connectivity index (χ1v) is 17.2. The summed E-state index contributed by atoms with van der Waals surface area (Å²) in [5.74, 6) is 1.53. The first kappa shape index (κ1) is 36.2. The van der Waals surface area contributed by atoms with Gasteiger partial charge < -0.3 is 45.7 Å². The van der Waals surface area contributed by atoms with E-state index in [2.05, 4.69) is 60.5 Å². The van der Waals surface area contributed by atoms with E-state index in [0.717, 1.165) is 66.1 Å². The van der Waals surface area contributed by atoms with Crippen LogP contribution in [0.15, 0.2) is 48.7 Å². The van der Waals surface area contributed by atoms with E-state index in [4.69, 9.17) is 15.2 Å². The number of aromatic nitrogens is 3. The zero-order chi connectivity index (χ0) is 35.5. The summed E-state index contributed by atoms with van der Waals surface area (Å²) in [5.41, 5.74) is 10.8. The van der Waals surface area contributed by atoms with Crippen molar-refractivity contribution in [3.05, 3.63) is 65.4 Å². The number of anilines is 3. The standard InChI is InChI=1S/C36H49N9O5/c1-4-5-6-13-39-34-33-28(41-35(37)42-34)12-15-45(33)23-27-9-7-25(21-31(27)49-3)22-43-16-18-44(19-17-43)36(48)50-24-26-8-10-30(46)29(20-26)40-32(47)11-14-38-2/h7-10,12,15,20-21,38,46H,4-6,11,13-14,16-19,22-24H2,1-3H3,(H,40,47)(H3,37,39,41,42). The van der Waals surface area contributed by atoms with Crippen molar-refractivity contribution in [2.75, 3.05) is 69.8 Å². The maximum Gasteiger partial charge on any atom is 0.410 e. The number of phenols is 1. The molecule has 0 bridgehead atoms. The molecule has 268 valence electrons. The molecular weight excluding hydrogens is 638 g/mol. The van der Waals surface area contributed by atoms with Gasteiger partial charge in [0.05, 0.1) is 24.9 Å². The highest BCUT2D eigenvalue weighted by Crippen LogP contribution is 2.28. The minimum Gasteiger partial charge on any atom is -0.506 e. The van der Waals surface area contributed by atoms with E-state index in [1.54, 1.807) is 31.2 Å². The molecule has 1 aliphatic rings. The van der Waals surface area contributed by atoms with E-state index >= 15 is 0 Å². The van der Waals surface area contributed by atoms with Crippen molar-refractivity contribution in [2.45, 2.75) is 52.3 Å². The van der Waals surface area contributed by atoms with E-state index in [0.29, 0.717) is 44.8 Å². The van der Waals surface area contributed by atoms with Gasteiger partial charge >= 0.3 is 6.09 Å². The Kier molecular flexibility index (Phi) is 12.7. The van der Waals surface area contributed by atoms with Crippen molar-refractivity contribution in [1.29, 1.82) is 0 Å². The molecule has 2 aromatic carbocycles. The van der Waals surface area contributed by atoms with Crippen LogP contribution in [0.4, 0.5) is 22.2 Å². The molecule has 0 radical (unpaired) electrons. The summed E-state index contributed by atoms with van der Waals surface area (Å²) >= 11 is 0. The van der Waals surface area contributed by atoms with Crippen LogP contribution in [0.5, 0.6) is 11.5 Å². The molecule has 0 saturated carbocycles. The minimum absolute atomic E-state index is 0.0293.